The SMILES string of the molecule is CC1(C)c2ccccc2-c2ccc(N(c3ccc(-c4ccccc4)cc3)c3ccc(-c4cc5c6ccccc6n(-c6ccc7sc8ccccc8c7c6)c5c5c4sc4ccccc45)cc3)cc21.c1ccc(-c2ccc(N(c3ccc(-c4cc5c6ccccc6n(-c6ccc7sc8ccccc8c7c6)c5c5c4sc4ccccc45)cc3)c3ccc4c(c3)C(c3ccccc3)(c3ccccc3)c3ccccc3-4)cc2)cc1. The lowest BCUT2D eigenvalue weighted by Crippen LogP contribution is -2.28. The summed E-state index contributed by atoms with van der Waals surface area (Å²) in [7, 11) is 0. The second kappa shape index (κ2) is 33.3. The Balaban J connectivity index is 0.000000138. The van der Waals surface area contributed by atoms with E-state index < -0.39 is 5.41 Å². The monoisotopic (exact) mass is 1900 g/mol. The largest absolute Gasteiger partial charge is 0.310 e. The third-order valence-electron chi connectivity index (χ3n) is 30.7. The van der Waals surface area contributed by atoms with Gasteiger partial charge in [0, 0.05) is 164 Å². The molecule has 0 bridgehead atoms. The molecule has 0 saturated carbocycles. The Morgan fingerprint density at radius 1 is 0.194 bits per heavy atom. The molecule has 0 N–H and O–H groups in total. The summed E-state index contributed by atoms with van der Waals surface area (Å²) in [5, 5.41) is 15.5. The molecule has 2 aliphatic carbocycles. The molecule has 0 fully saturated rings. The molecule has 4 nitrogen and oxygen atoms in total. The van der Waals surface area contributed by atoms with Crippen molar-refractivity contribution in [2.45, 2.75) is 24.7 Å². The van der Waals surface area contributed by atoms with E-state index in [2.05, 4.69) is 530 Å². The van der Waals surface area contributed by atoms with E-state index in [1.807, 2.05) is 45.3 Å². The summed E-state index contributed by atoms with van der Waals surface area (Å²) in [4.78, 5) is 4.87. The van der Waals surface area contributed by atoms with Gasteiger partial charge >= 0.3 is 0 Å². The molecule has 0 unspecified atom stereocenters. The van der Waals surface area contributed by atoms with Crippen LogP contribution in [0.25, 0.3) is 202 Å². The van der Waals surface area contributed by atoms with Crippen LogP contribution in [0.5, 0.6) is 0 Å². The van der Waals surface area contributed by atoms with E-state index in [4.69, 9.17) is 0 Å². The normalized spacial score (nSPS) is 12.9. The van der Waals surface area contributed by atoms with Gasteiger partial charge in [0.1, 0.15) is 0 Å². The molecule has 22 aromatic carbocycles. The van der Waals surface area contributed by atoms with E-state index in [0.717, 1.165) is 34.1 Å². The van der Waals surface area contributed by atoms with E-state index in [1.54, 1.807) is 0 Å². The predicted molar refractivity (Wildman–Crippen MR) is 619 cm³/mol. The van der Waals surface area contributed by atoms with Gasteiger partial charge in [-0.3, -0.25) is 0 Å². The van der Waals surface area contributed by atoms with Gasteiger partial charge in [-0.15, -0.1) is 45.3 Å². The molecule has 0 amide bonds. The van der Waals surface area contributed by atoms with E-state index in [0.29, 0.717) is 0 Å². The molecule has 6 heterocycles. The lowest BCUT2D eigenvalue weighted by molar-refractivity contribution is 0.660. The number of thiophene rings is 4. The maximum atomic E-state index is 2.53. The van der Waals surface area contributed by atoms with Crippen LogP contribution in [0.1, 0.15) is 47.2 Å². The molecule has 0 atom stereocenters. The first-order chi connectivity index (χ1) is 71.2. The van der Waals surface area contributed by atoms with Gasteiger partial charge in [-0.2, -0.15) is 0 Å². The van der Waals surface area contributed by atoms with Crippen molar-refractivity contribution in [3.63, 3.8) is 0 Å². The number of nitrogens with zero attached hydrogens (tertiary/aromatic N) is 4. The molecule has 30 rings (SSSR count). The van der Waals surface area contributed by atoms with Crippen LogP contribution in [0.4, 0.5) is 34.1 Å². The van der Waals surface area contributed by atoms with E-state index >= 15 is 0 Å². The van der Waals surface area contributed by atoms with E-state index in [-0.39, 0.29) is 5.41 Å². The van der Waals surface area contributed by atoms with Gasteiger partial charge in [0.05, 0.1) is 27.5 Å². The van der Waals surface area contributed by atoms with Gasteiger partial charge in [-0.1, -0.05) is 354 Å². The van der Waals surface area contributed by atoms with Crippen LogP contribution < -0.4 is 9.80 Å². The standard InChI is InChI=1S/C73H46N2S2.C63H42N2S2/c1-4-18-47(19-5-1)48-32-36-52(37-33-48)74(55-40-42-57-56-24-10-14-28-64(56)73(65(57)45-55,50-20-6-2-7-21-50)51-22-8-3-9-23-51)53-38-34-49(35-39-53)61-46-63-58-25-11-15-29-66(58)75(71(63)70-60-27-13-17-31-68(60)77-72(61)70)54-41-43-69-62(44-54)59-26-12-16-30-67(59)76-69;1-63(2)54-20-10-6-16-46(54)47-34-32-45(37-55(47)63)64(42-28-24-40(25-29-42)39-14-4-3-5-15-39)43-30-26-41(27-31-43)51-38-53-48-17-7-11-21-56(48)65(61(53)60-50-19-9-13-23-58(50)67-62(51)60)44-33-35-59-52(36-44)49-18-8-12-22-57(49)66-59/h1-46H;3-38H,1-2H3. The molecule has 0 saturated heterocycles. The first kappa shape index (κ1) is 83.9. The minimum Gasteiger partial charge on any atom is -0.310 e. The summed E-state index contributed by atoms with van der Waals surface area (Å²) in [5.74, 6) is 0. The minimum absolute atomic E-state index is 0.114. The van der Waals surface area contributed by atoms with Crippen molar-refractivity contribution in [1.29, 1.82) is 0 Å². The first-order valence-electron chi connectivity index (χ1n) is 49.5. The van der Waals surface area contributed by atoms with Crippen LogP contribution in [0.3, 0.4) is 0 Å². The Kier molecular flexibility index (Phi) is 19.4. The topological polar surface area (TPSA) is 16.3 Å². The molecule has 676 valence electrons. The van der Waals surface area contributed by atoms with Crippen LogP contribution in [0.15, 0.2) is 497 Å². The van der Waals surface area contributed by atoms with Crippen molar-refractivity contribution in [3.8, 4) is 78.1 Å². The van der Waals surface area contributed by atoms with E-state index in [9.17, 15) is 0 Å². The maximum Gasteiger partial charge on any atom is 0.0714 e. The lowest BCUT2D eigenvalue weighted by Gasteiger charge is -2.35. The summed E-state index contributed by atoms with van der Waals surface area (Å²) in [6, 6.07) is 185. The first-order valence-corrected chi connectivity index (χ1v) is 52.7. The fraction of sp³-hybridized carbons (Fsp3) is 0.0294. The van der Waals surface area contributed by atoms with Gasteiger partial charge in [-0.25, -0.2) is 0 Å². The van der Waals surface area contributed by atoms with Crippen LogP contribution in [0.2, 0.25) is 0 Å². The van der Waals surface area contributed by atoms with Crippen molar-refractivity contribution in [2.75, 3.05) is 9.80 Å². The third kappa shape index (κ3) is 13.1. The van der Waals surface area contributed by atoms with Gasteiger partial charge in [0.25, 0.3) is 0 Å². The Hall–Kier alpha value is -17.1. The maximum absolute atomic E-state index is 2.53. The smallest absolute Gasteiger partial charge is 0.0714 e. The van der Waals surface area contributed by atoms with Crippen LogP contribution in [0, 0.1) is 0 Å². The molecule has 2 aliphatic rings. The molecule has 0 spiro atoms. The van der Waals surface area contributed by atoms with Crippen molar-refractivity contribution < 1.29 is 0 Å². The lowest BCUT2D eigenvalue weighted by atomic mass is 9.67. The Morgan fingerprint density at radius 2 is 0.507 bits per heavy atom. The van der Waals surface area contributed by atoms with E-state index in [1.165, 1.54) is 236 Å². The zero-order valence-corrected chi connectivity index (χ0v) is 82.0. The molecule has 8 heteroatoms. The van der Waals surface area contributed by atoms with Crippen LogP contribution >= 0.6 is 45.3 Å². The fourth-order valence-electron chi connectivity index (χ4n) is 24.1. The summed E-state index contributed by atoms with van der Waals surface area (Å²) in [6.45, 7) is 4.73. The Labute approximate surface area is 849 Å². The summed E-state index contributed by atoms with van der Waals surface area (Å²) in [5.41, 5.74) is 36.0. The predicted octanol–water partition coefficient (Wildman–Crippen LogP) is 39.3. The highest BCUT2D eigenvalue weighted by atomic mass is 32.1. The van der Waals surface area contributed by atoms with Gasteiger partial charge in [0.15, 0.2) is 0 Å². The number of rotatable bonds is 14. The number of hydrogen-bond acceptors (Lipinski definition) is 6. The fourth-order valence-corrected chi connectivity index (χ4v) is 28.7. The van der Waals surface area contributed by atoms with Crippen molar-refractivity contribution in [3.05, 3.63) is 531 Å². The number of anilines is 6. The van der Waals surface area contributed by atoms with Crippen molar-refractivity contribution in [1.82, 2.24) is 9.13 Å². The quantitative estimate of drug-likeness (QED) is 0.108. The highest BCUT2D eigenvalue weighted by Crippen LogP contribution is 2.60. The summed E-state index contributed by atoms with van der Waals surface area (Å²) >= 11 is 7.55. The number of para-hydroxylation sites is 2. The average molecular weight is 1910 g/mol. The molecule has 0 aliphatic heterocycles. The molecular formula is C136H88N4S4. The zero-order valence-electron chi connectivity index (χ0n) is 78.8. The second-order valence-electron chi connectivity index (χ2n) is 38.8. The molecular weight excluding hydrogens is 1820 g/mol. The van der Waals surface area contributed by atoms with Gasteiger partial charge in [-0.05, 0) is 247 Å². The minimum atomic E-state index is -0.528. The van der Waals surface area contributed by atoms with Crippen molar-refractivity contribution >= 4 is 204 Å². The summed E-state index contributed by atoms with van der Waals surface area (Å²) < 4.78 is 15.5. The zero-order chi connectivity index (χ0) is 95.0. The van der Waals surface area contributed by atoms with Gasteiger partial charge in [0.2, 0.25) is 0 Å². The molecule has 0 radical (unpaired) electrons. The number of aromatic nitrogens is 2. The average Bonchev–Trinajstić information content (AvgIpc) is 1.54. The number of benzene rings is 22. The third-order valence-corrected chi connectivity index (χ3v) is 35.4. The summed E-state index contributed by atoms with van der Waals surface area (Å²) in [6.07, 6.45) is 0. The molecule has 6 aromatic heterocycles. The molecule has 28 aromatic rings. The number of hydrogen-bond donors (Lipinski definition) is 0. The second-order valence-corrected chi connectivity index (χ2v) is 43.0. The van der Waals surface area contributed by atoms with Crippen LogP contribution in [-0.4, -0.2) is 9.13 Å². The highest BCUT2D eigenvalue weighted by Gasteiger charge is 2.47. The Bertz CT molecular complexity index is 10000. The van der Waals surface area contributed by atoms with Crippen LogP contribution in [-0.2, 0) is 10.8 Å². The van der Waals surface area contributed by atoms with Gasteiger partial charge < -0.3 is 18.9 Å². The number of fused-ring (bicyclic) bond motifs is 26. The van der Waals surface area contributed by atoms with Crippen molar-refractivity contribution in [2.24, 2.45) is 0 Å². The highest BCUT2D eigenvalue weighted by molar-refractivity contribution is 7.27. The molecule has 144 heavy (non-hydrogen) atoms. The Morgan fingerprint density at radius 3 is 0.944 bits per heavy atom.